The van der Waals surface area contributed by atoms with E-state index in [1.807, 2.05) is 0 Å². The molecule has 1 aliphatic heterocycles. The molecule has 3 rings (SSSR count). The maximum atomic E-state index is 3.49. The zero-order valence-electron chi connectivity index (χ0n) is 12.9. The summed E-state index contributed by atoms with van der Waals surface area (Å²) in [4.78, 5) is 2.59. The van der Waals surface area contributed by atoms with E-state index in [1.54, 1.807) is 0 Å². The Bertz CT molecular complexity index is 552. The number of hydrogen-bond donors (Lipinski definition) is 1. The highest BCUT2D eigenvalue weighted by Gasteiger charge is 2.24. The monoisotopic (exact) mass is 280 g/mol. The maximum absolute atomic E-state index is 3.49. The van der Waals surface area contributed by atoms with E-state index in [9.17, 15) is 0 Å². The summed E-state index contributed by atoms with van der Waals surface area (Å²) in [6.45, 7) is 7.83. The second-order valence-electron chi connectivity index (χ2n) is 6.09. The molecule has 1 aliphatic rings. The molecule has 1 heterocycles. The molecule has 21 heavy (non-hydrogen) atoms. The lowest BCUT2D eigenvalue weighted by atomic mass is 10.0. The summed E-state index contributed by atoms with van der Waals surface area (Å²) < 4.78 is 0. The molecule has 0 bridgehead atoms. The number of benzene rings is 2. The molecule has 0 amide bonds. The number of nitrogens with zero attached hydrogens (tertiary/aromatic N) is 1. The summed E-state index contributed by atoms with van der Waals surface area (Å²) >= 11 is 0. The highest BCUT2D eigenvalue weighted by molar-refractivity contribution is 5.63. The van der Waals surface area contributed by atoms with Gasteiger partial charge in [-0.15, -0.1) is 0 Å². The Balaban J connectivity index is 1.72. The molecule has 2 heteroatoms. The van der Waals surface area contributed by atoms with Crippen LogP contribution in [-0.4, -0.2) is 30.1 Å². The summed E-state index contributed by atoms with van der Waals surface area (Å²) in [6, 6.07) is 20.8. The Labute approximate surface area is 127 Å². The molecule has 2 aromatic carbocycles. The first-order valence-electron chi connectivity index (χ1n) is 7.85. The first-order chi connectivity index (χ1) is 10.2. The van der Waals surface area contributed by atoms with Crippen LogP contribution in [0.3, 0.4) is 0 Å². The van der Waals surface area contributed by atoms with Gasteiger partial charge >= 0.3 is 0 Å². The Morgan fingerprint density at radius 1 is 0.857 bits per heavy atom. The minimum Gasteiger partial charge on any atom is -0.314 e. The van der Waals surface area contributed by atoms with Crippen LogP contribution in [0.15, 0.2) is 54.6 Å². The van der Waals surface area contributed by atoms with Gasteiger partial charge in [0, 0.05) is 31.7 Å². The third kappa shape index (κ3) is 3.34. The van der Waals surface area contributed by atoms with Crippen LogP contribution in [0, 0.1) is 0 Å². The minimum absolute atomic E-state index is 0.600. The van der Waals surface area contributed by atoms with Gasteiger partial charge in [0.1, 0.15) is 0 Å². The number of piperazine rings is 1. The van der Waals surface area contributed by atoms with E-state index in [0.717, 1.165) is 19.6 Å². The average Bonchev–Trinajstić information content (AvgIpc) is 2.53. The van der Waals surface area contributed by atoms with Crippen molar-refractivity contribution in [3.05, 3.63) is 60.2 Å². The quantitative estimate of drug-likeness (QED) is 0.925. The van der Waals surface area contributed by atoms with Gasteiger partial charge in [-0.05, 0) is 30.5 Å². The highest BCUT2D eigenvalue weighted by atomic mass is 15.2. The van der Waals surface area contributed by atoms with Gasteiger partial charge in [-0.3, -0.25) is 4.90 Å². The third-order valence-electron chi connectivity index (χ3n) is 4.44. The molecule has 2 nitrogen and oxygen atoms in total. The zero-order chi connectivity index (χ0) is 14.7. The molecule has 1 N–H and O–H groups in total. The van der Waals surface area contributed by atoms with E-state index in [1.165, 1.54) is 16.7 Å². The van der Waals surface area contributed by atoms with Gasteiger partial charge in [0.2, 0.25) is 0 Å². The van der Waals surface area contributed by atoms with E-state index in [0.29, 0.717) is 12.1 Å². The molecule has 2 atom stereocenters. The molecular weight excluding hydrogens is 256 g/mol. The second kappa shape index (κ2) is 6.42. The third-order valence-corrected chi connectivity index (χ3v) is 4.44. The van der Waals surface area contributed by atoms with Gasteiger partial charge in [-0.2, -0.15) is 0 Å². The van der Waals surface area contributed by atoms with Gasteiger partial charge in [-0.25, -0.2) is 0 Å². The molecule has 0 aromatic heterocycles. The first-order valence-corrected chi connectivity index (χ1v) is 7.85. The second-order valence-corrected chi connectivity index (χ2v) is 6.09. The van der Waals surface area contributed by atoms with Crippen LogP contribution in [0.25, 0.3) is 11.1 Å². The Hall–Kier alpha value is -1.64. The van der Waals surface area contributed by atoms with Crippen LogP contribution in [0.5, 0.6) is 0 Å². The smallest absolute Gasteiger partial charge is 0.0240 e. The van der Waals surface area contributed by atoms with E-state index >= 15 is 0 Å². The highest BCUT2D eigenvalue weighted by Crippen LogP contribution is 2.21. The van der Waals surface area contributed by atoms with Crippen molar-refractivity contribution in [2.75, 3.05) is 13.1 Å². The molecule has 0 radical (unpaired) electrons. The van der Waals surface area contributed by atoms with Crippen LogP contribution in [0.1, 0.15) is 19.4 Å². The van der Waals surface area contributed by atoms with Gasteiger partial charge < -0.3 is 5.32 Å². The molecule has 1 fully saturated rings. The van der Waals surface area contributed by atoms with E-state index in [4.69, 9.17) is 0 Å². The van der Waals surface area contributed by atoms with E-state index in [-0.39, 0.29) is 0 Å². The van der Waals surface area contributed by atoms with Crippen molar-refractivity contribution in [2.45, 2.75) is 32.5 Å². The zero-order valence-corrected chi connectivity index (χ0v) is 12.9. The standard InChI is InChI=1S/C19H24N2/c1-15-12-20-13-16(2)21(15)14-17-8-10-19(11-9-17)18-6-4-3-5-7-18/h3-11,15-16,20H,12-14H2,1-2H3. The van der Waals surface area contributed by atoms with Crippen molar-refractivity contribution in [1.82, 2.24) is 10.2 Å². The summed E-state index contributed by atoms with van der Waals surface area (Å²) in [5.74, 6) is 0. The van der Waals surface area contributed by atoms with Gasteiger partial charge in [0.15, 0.2) is 0 Å². The summed E-state index contributed by atoms with van der Waals surface area (Å²) in [5.41, 5.74) is 3.98. The van der Waals surface area contributed by atoms with Crippen molar-refractivity contribution in [2.24, 2.45) is 0 Å². The summed E-state index contributed by atoms with van der Waals surface area (Å²) in [5, 5.41) is 3.49. The predicted molar refractivity (Wildman–Crippen MR) is 89.2 cm³/mol. The predicted octanol–water partition coefficient (Wildman–Crippen LogP) is 3.54. The molecule has 2 aromatic rings. The van der Waals surface area contributed by atoms with Crippen LogP contribution >= 0.6 is 0 Å². The maximum Gasteiger partial charge on any atom is 0.0240 e. The molecule has 110 valence electrons. The minimum atomic E-state index is 0.600. The van der Waals surface area contributed by atoms with E-state index in [2.05, 4.69) is 78.7 Å². The van der Waals surface area contributed by atoms with Crippen molar-refractivity contribution in [3.63, 3.8) is 0 Å². The van der Waals surface area contributed by atoms with Crippen LogP contribution in [-0.2, 0) is 6.54 Å². The fourth-order valence-electron chi connectivity index (χ4n) is 3.13. The number of nitrogens with one attached hydrogen (secondary N) is 1. The van der Waals surface area contributed by atoms with Crippen molar-refractivity contribution in [3.8, 4) is 11.1 Å². The molecule has 0 spiro atoms. The van der Waals surface area contributed by atoms with Gasteiger partial charge in [0.05, 0.1) is 0 Å². The van der Waals surface area contributed by atoms with Crippen molar-refractivity contribution < 1.29 is 0 Å². The normalized spacial score (nSPS) is 23.1. The Morgan fingerprint density at radius 2 is 1.43 bits per heavy atom. The lowest BCUT2D eigenvalue weighted by Crippen LogP contribution is -2.54. The fraction of sp³-hybridized carbons (Fsp3) is 0.368. The SMILES string of the molecule is CC1CNCC(C)N1Cc1ccc(-c2ccccc2)cc1. The van der Waals surface area contributed by atoms with E-state index < -0.39 is 0 Å². The summed E-state index contributed by atoms with van der Waals surface area (Å²) in [7, 11) is 0. The van der Waals surface area contributed by atoms with Gasteiger partial charge in [0.25, 0.3) is 0 Å². The molecule has 0 aliphatic carbocycles. The van der Waals surface area contributed by atoms with Gasteiger partial charge in [-0.1, -0.05) is 54.6 Å². The van der Waals surface area contributed by atoms with Crippen LogP contribution in [0.4, 0.5) is 0 Å². The van der Waals surface area contributed by atoms with Crippen LogP contribution < -0.4 is 5.32 Å². The fourth-order valence-corrected chi connectivity index (χ4v) is 3.13. The molecular formula is C19H24N2. The lowest BCUT2D eigenvalue weighted by molar-refractivity contribution is 0.109. The average molecular weight is 280 g/mol. The summed E-state index contributed by atoms with van der Waals surface area (Å²) in [6.07, 6.45) is 0. The largest absolute Gasteiger partial charge is 0.314 e. The number of hydrogen-bond acceptors (Lipinski definition) is 2. The Kier molecular flexibility index (Phi) is 4.37. The topological polar surface area (TPSA) is 15.3 Å². The Morgan fingerprint density at radius 3 is 2.05 bits per heavy atom. The molecule has 0 saturated carbocycles. The van der Waals surface area contributed by atoms with Crippen molar-refractivity contribution >= 4 is 0 Å². The molecule has 1 saturated heterocycles. The first kappa shape index (κ1) is 14.3. The number of rotatable bonds is 3. The van der Waals surface area contributed by atoms with Crippen molar-refractivity contribution in [1.29, 1.82) is 0 Å². The molecule has 2 unspecified atom stereocenters. The lowest BCUT2D eigenvalue weighted by Gasteiger charge is -2.39. The van der Waals surface area contributed by atoms with Crippen LogP contribution in [0.2, 0.25) is 0 Å².